The standard InChI is InChI=1S/C28H28N4.C12H24.Cu/c1-13-14(2)22-10-24-17(5)18(6)26(31-24)12-28-20(8)19(7)27(32-28)11-25-16(4)15(3)23(30-25)9-21(13)29-22;1-7-8(2)10(4)12(6)11(5)9(7)3;/h9-12H,1-8H3;7-12H,1-6H3;/q-2;;+2. The summed E-state index contributed by atoms with van der Waals surface area (Å²) in [6.45, 7) is 31.6. The van der Waals surface area contributed by atoms with Crippen molar-refractivity contribution in [2.75, 3.05) is 0 Å². The number of allylic oxidation sites excluding steroid dienone is 4. The number of hydrogen-bond acceptors (Lipinski definition) is 2. The van der Waals surface area contributed by atoms with E-state index in [1.54, 1.807) is 0 Å². The van der Waals surface area contributed by atoms with Crippen molar-refractivity contribution in [3.63, 3.8) is 0 Å². The molecule has 4 nitrogen and oxygen atoms in total. The average molecular weight is 652 g/mol. The van der Waals surface area contributed by atoms with Gasteiger partial charge in [-0.05, 0) is 113 Å². The molecule has 6 rings (SSSR count). The summed E-state index contributed by atoms with van der Waals surface area (Å²) in [5.74, 6) is 5.45. The number of rotatable bonds is 0. The zero-order valence-electron chi connectivity index (χ0n) is 29.9. The maximum atomic E-state index is 4.96. The summed E-state index contributed by atoms with van der Waals surface area (Å²) in [5.41, 5.74) is 17.3. The third-order valence-electron chi connectivity index (χ3n) is 12.4. The van der Waals surface area contributed by atoms with Crippen LogP contribution in [0.2, 0.25) is 0 Å². The van der Waals surface area contributed by atoms with Crippen LogP contribution in [0.15, 0.2) is 24.3 Å². The third-order valence-corrected chi connectivity index (χ3v) is 12.4. The molecule has 0 aromatic carbocycles. The van der Waals surface area contributed by atoms with E-state index in [-0.39, 0.29) is 17.1 Å². The van der Waals surface area contributed by atoms with Crippen LogP contribution in [0.1, 0.15) is 114 Å². The van der Waals surface area contributed by atoms with E-state index in [9.17, 15) is 0 Å². The van der Waals surface area contributed by atoms with Crippen LogP contribution in [0, 0.1) is 63.2 Å². The molecule has 5 heterocycles. The molecule has 0 N–H and O–H groups in total. The van der Waals surface area contributed by atoms with Gasteiger partial charge in [-0.15, -0.1) is 22.1 Å². The minimum absolute atomic E-state index is 0. The first-order valence-electron chi connectivity index (χ1n) is 16.6. The molecule has 3 aromatic heterocycles. The van der Waals surface area contributed by atoms with E-state index in [4.69, 9.17) is 19.9 Å². The number of aromatic nitrogens is 4. The summed E-state index contributed by atoms with van der Waals surface area (Å²) in [5, 5.41) is 0. The smallest absolute Gasteiger partial charge is 0.657 e. The fraction of sp³-hybridized carbons (Fsp3) is 0.500. The maximum Gasteiger partial charge on any atom is 2.00 e. The molecule has 2 aliphatic heterocycles. The van der Waals surface area contributed by atoms with Gasteiger partial charge in [-0.3, -0.25) is 0 Å². The van der Waals surface area contributed by atoms with Gasteiger partial charge in [-0.2, -0.15) is 0 Å². The predicted octanol–water partition coefficient (Wildman–Crippen LogP) is 10.5. The first kappa shape index (κ1) is 35.0. The van der Waals surface area contributed by atoms with Gasteiger partial charge >= 0.3 is 17.1 Å². The van der Waals surface area contributed by atoms with Gasteiger partial charge in [0.05, 0.1) is 22.8 Å². The van der Waals surface area contributed by atoms with E-state index in [1.807, 2.05) is 0 Å². The van der Waals surface area contributed by atoms with Gasteiger partial charge < -0.3 is 9.97 Å². The molecule has 3 aromatic rings. The second-order valence-corrected chi connectivity index (χ2v) is 14.3. The second kappa shape index (κ2) is 13.1. The molecule has 0 amide bonds. The second-order valence-electron chi connectivity index (χ2n) is 14.3. The molecule has 1 radical (unpaired) electrons. The Kier molecular flexibility index (Phi) is 10.2. The molecule has 1 aliphatic carbocycles. The van der Waals surface area contributed by atoms with Crippen LogP contribution < -0.4 is 9.97 Å². The minimum Gasteiger partial charge on any atom is -0.657 e. The fourth-order valence-electron chi connectivity index (χ4n) is 7.24. The van der Waals surface area contributed by atoms with Crippen molar-refractivity contribution >= 4 is 44.4 Å². The van der Waals surface area contributed by atoms with E-state index >= 15 is 0 Å². The van der Waals surface area contributed by atoms with Crippen molar-refractivity contribution < 1.29 is 17.1 Å². The minimum atomic E-state index is 0. The first-order chi connectivity index (χ1) is 20.6. The molecule has 0 unspecified atom stereocenters. The summed E-state index contributed by atoms with van der Waals surface area (Å²) in [7, 11) is 0. The Hall–Kier alpha value is -2.88. The molecule has 1 saturated carbocycles. The molecule has 1 fully saturated rings. The van der Waals surface area contributed by atoms with Crippen molar-refractivity contribution in [1.29, 1.82) is 0 Å². The zero-order chi connectivity index (χ0) is 32.4. The number of nitrogens with zero attached hydrogens (tertiary/aromatic N) is 4. The molecule has 243 valence electrons. The van der Waals surface area contributed by atoms with E-state index in [2.05, 4.69) is 121 Å². The van der Waals surface area contributed by atoms with Gasteiger partial charge in [-0.1, -0.05) is 88.1 Å². The summed E-state index contributed by atoms with van der Waals surface area (Å²) in [6, 6.07) is 8.46. The van der Waals surface area contributed by atoms with Gasteiger partial charge in [-0.25, -0.2) is 9.97 Å². The van der Waals surface area contributed by atoms with Gasteiger partial charge in [0, 0.05) is 0 Å². The number of fused-ring (bicyclic) bond motifs is 8. The average Bonchev–Trinajstić information content (AvgIpc) is 3.62. The molecular weight excluding hydrogens is 600 g/mol. The quantitative estimate of drug-likeness (QED) is 0.227. The van der Waals surface area contributed by atoms with Crippen molar-refractivity contribution in [2.24, 2.45) is 35.5 Å². The Balaban J connectivity index is 0.000000301. The van der Waals surface area contributed by atoms with E-state index in [0.717, 1.165) is 80.3 Å². The fourth-order valence-corrected chi connectivity index (χ4v) is 7.24. The van der Waals surface area contributed by atoms with Crippen molar-refractivity contribution in [2.45, 2.75) is 96.9 Å². The number of aryl methyl sites for hydroxylation is 4. The SMILES string of the molecule is CC1=C(C)c2cc3[n-]c(cc4nc(cc5[n-]c(cc1n2)c(C)c5C)C(C)=C4C)c(C)c3C.CC1C(C)C(C)C(C)C(C)C1C.[Cu+2]. The molecular formula is C40H52CuN4. The monoisotopic (exact) mass is 651 g/mol. The predicted molar refractivity (Wildman–Crippen MR) is 189 cm³/mol. The van der Waals surface area contributed by atoms with Gasteiger partial charge in [0.25, 0.3) is 0 Å². The van der Waals surface area contributed by atoms with Crippen molar-refractivity contribution in [3.05, 3.63) is 69.3 Å². The zero-order valence-corrected chi connectivity index (χ0v) is 30.8. The molecule has 0 atom stereocenters. The Morgan fingerprint density at radius 2 is 0.556 bits per heavy atom. The molecule has 3 aliphatic rings. The van der Waals surface area contributed by atoms with Crippen LogP contribution in [-0.4, -0.2) is 9.97 Å². The van der Waals surface area contributed by atoms with Crippen LogP contribution in [0.25, 0.3) is 44.4 Å². The Morgan fingerprint density at radius 1 is 0.378 bits per heavy atom. The summed E-state index contributed by atoms with van der Waals surface area (Å²) in [6.07, 6.45) is 0. The Bertz CT molecular complexity index is 1570. The van der Waals surface area contributed by atoms with Crippen LogP contribution in [-0.2, 0) is 17.1 Å². The first-order valence-corrected chi connectivity index (χ1v) is 16.6. The Labute approximate surface area is 282 Å². The molecule has 5 heteroatoms. The third kappa shape index (κ3) is 6.15. The van der Waals surface area contributed by atoms with E-state index in [1.165, 1.54) is 44.5 Å². The van der Waals surface area contributed by atoms with E-state index in [0.29, 0.717) is 0 Å². The summed E-state index contributed by atoms with van der Waals surface area (Å²) >= 11 is 0. The van der Waals surface area contributed by atoms with Crippen molar-refractivity contribution in [3.8, 4) is 0 Å². The molecule has 0 saturated heterocycles. The maximum absolute atomic E-state index is 4.96. The van der Waals surface area contributed by atoms with E-state index < -0.39 is 0 Å². The van der Waals surface area contributed by atoms with Gasteiger partial charge in [0.2, 0.25) is 0 Å². The Morgan fingerprint density at radius 3 is 0.733 bits per heavy atom. The van der Waals surface area contributed by atoms with Crippen molar-refractivity contribution in [1.82, 2.24) is 19.9 Å². The number of hydrogen-bond donors (Lipinski definition) is 0. The topological polar surface area (TPSA) is 54.0 Å². The molecule has 45 heavy (non-hydrogen) atoms. The van der Waals surface area contributed by atoms with Crippen LogP contribution in [0.3, 0.4) is 0 Å². The molecule has 8 bridgehead atoms. The largest absolute Gasteiger partial charge is 2.00 e. The summed E-state index contributed by atoms with van der Waals surface area (Å²) in [4.78, 5) is 19.9. The van der Waals surface area contributed by atoms with Gasteiger partial charge in [0.15, 0.2) is 0 Å². The van der Waals surface area contributed by atoms with Crippen LogP contribution >= 0.6 is 0 Å². The normalized spacial score (nSPS) is 24.8. The molecule has 0 spiro atoms. The summed E-state index contributed by atoms with van der Waals surface area (Å²) < 4.78 is 0. The van der Waals surface area contributed by atoms with Crippen LogP contribution in [0.4, 0.5) is 0 Å². The van der Waals surface area contributed by atoms with Crippen LogP contribution in [0.5, 0.6) is 0 Å². The van der Waals surface area contributed by atoms with Gasteiger partial charge in [0.1, 0.15) is 0 Å².